The minimum absolute atomic E-state index is 0.0724. The molecule has 1 aliphatic rings. The summed E-state index contributed by atoms with van der Waals surface area (Å²) in [6.45, 7) is 5.77. The Labute approximate surface area is 181 Å². The van der Waals surface area contributed by atoms with E-state index >= 15 is 0 Å². The van der Waals surface area contributed by atoms with Crippen molar-refractivity contribution in [1.29, 1.82) is 0 Å². The Morgan fingerprint density at radius 3 is 2.32 bits per heavy atom. The van der Waals surface area contributed by atoms with Gasteiger partial charge in [-0.25, -0.2) is 4.68 Å². The van der Waals surface area contributed by atoms with Gasteiger partial charge in [-0.1, -0.05) is 31.5 Å². The number of hydrogen-bond acceptors (Lipinski definition) is 5. The maximum absolute atomic E-state index is 12.9. The van der Waals surface area contributed by atoms with Crippen molar-refractivity contribution >= 4 is 17.5 Å². The lowest BCUT2D eigenvalue weighted by Crippen LogP contribution is -2.47. The van der Waals surface area contributed by atoms with Gasteiger partial charge in [-0.15, -0.1) is 5.10 Å². The van der Waals surface area contributed by atoms with Crippen LogP contribution in [0, 0.1) is 12.8 Å². The van der Waals surface area contributed by atoms with Crippen molar-refractivity contribution in [2.24, 2.45) is 5.92 Å². The number of anilines is 1. The van der Waals surface area contributed by atoms with Gasteiger partial charge in [0, 0.05) is 16.8 Å². The van der Waals surface area contributed by atoms with Crippen molar-refractivity contribution in [1.82, 2.24) is 25.5 Å². The van der Waals surface area contributed by atoms with Gasteiger partial charge < -0.3 is 10.6 Å². The molecule has 1 aliphatic carbocycles. The predicted octanol–water partition coefficient (Wildman–Crippen LogP) is 3.38. The highest BCUT2D eigenvalue weighted by Gasteiger charge is 2.28. The summed E-state index contributed by atoms with van der Waals surface area (Å²) in [6.07, 6.45) is 2.19. The van der Waals surface area contributed by atoms with Crippen molar-refractivity contribution < 1.29 is 9.59 Å². The molecule has 1 heterocycles. The standard InChI is InChI=1S/C23H26N6O2/c1-14(2)20(25-22(30)17-6-4-15(3)5-7-17)23(31)24-18-10-8-16(9-11-18)21-26-27-28-29(21)19-12-13-19/h4-11,14,19-20H,12-13H2,1-3H3,(H,24,31)(H,25,30). The predicted molar refractivity (Wildman–Crippen MR) is 117 cm³/mol. The number of nitrogens with one attached hydrogen (secondary N) is 2. The van der Waals surface area contributed by atoms with Gasteiger partial charge in [-0.2, -0.15) is 0 Å². The molecule has 2 amide bonds. The summed E-state index contributed by atoms with van der Waals surface area (Å²) in [5.41, 5.74) is 3.14. The first kappa shape index (κ1) is 20.7. The minimum Gasteiger partial charge on any atom is -0.340 e. The Bertz CT molecular complexity index is 1070. The smallest absolute Gasteiger partial charge is 0.251 e. The van der Waals surface area contributed by atoms with E-state index in [0.717, 1.165) is 29.8 Å². The number of rotatable bonds is 7. The molecule has 1 aromatic heterocycles. The molecule has 31 heavy (non-hydrogen) atoms. The van der Waals surface area contributed by atoms with Crippen LogP contribution in [-0.2, 0) is 4.79 Å². The Balaban J connectivity index is 1.43. The fourth-order valence-corrected chi connectivity index (χ4v) is 3.34. The third-order valence-electron chi connectivity index (χ3n) is 5.35. The van der Waals surface area contributed by atoms with Crippen LogP contribution in [0.25, 0.3) is 11.4 Å². The lowest BCUT2D eigenvalue weighted by atomic mass is 10.0. The number of benzene rings is 2. The number of hydrogen-bond donors (Lipinski definition) is 2. The highest BCUT2D eigenvalue weighted by atomic mass is 16.2. The average Bonchev–Trinajstić information content (AvgIpc) is 3.49. The normalized spacial score (nSPS) is 14.3. The first-order valence-corrected chi connectivity index (χ1v) is 10.5. The van der Waals surface area contributed by atoms with Crippen molar-refractivity contribution in [3.8, 4) is 11.4 Å². The van der Waals surface area contributed by atoms with Crippen LogP contribution in [-0.4, -0.2) is 38.1 Å². The highest BCUT2D eigenvalue weighted by Crippen LogP contribution is 2.36. The molecule has 1 atom stereocenters. The van der Waals surface area contributed by atoms with Gasteiger partial charge in [0.2, 0.25) is 5.91 Å². The zero-order chi connectivity index (χ0) is 22.0. The number of aromatic nitrogens is 4. The first-order valence-electron chi connectivity index (χ1n) is 10.5. The number of aryl methyl sites for hydroxylation is 1. The van der Waals surface area contributed by atoms with E-state index in [-0.39, 0.29) is 17.7 Å². The SMILES string of the molecule is Cc1ccc(C(=O)NC(C(=O)Nc2ccc(-c3nnnn3C3CC3)cc2)C(C)C)cc1. The topological polar surface area (TPSA) is 102 Å². The maximum Gasteiger partial charge on any atom is 0.251 e. The second kappa shape index (κ2) is 8.67. The monoisotopic (exact) mass is 418 g/mol. The van der Waals surface area contributed by atoms with Crippen molar-refractivity contribution in [2.45, 2.75) is 45.7 Å². The quantitative estimate of drug-likeness (QED) is 0.612. The molecule has 3 aromatic rings. The van der Waals surface area contributed by atoms with Gasteiger partial charge in [-0.3, -0.25) is 9.59 Å². The van der Waals surface area contributed by atoms with Crippen molar-refractivity contribution in [3.63, 3.8) is 0 Å². The molecular weight excluding hydrogens is 392 g/mol. The fourth-order valence-electron chi connectivity index (χ4n) is 3.34. The molecule has 2 aromatic carbocycles. The van der Waals surface area contributed by atoms with Crippen LogP contribution in [0.2, 0.25) is 0 Å². The van der Waals surface area contributed by atoms with E-state index in [1.165, 1.54) is 0 Å². The van der Waals surface area contributed by atoms with Crippen LogP contribution in [0.3, 0.4) is 0 Å². The minimum atomic E-state index is -0.657. The Morgan fingerprint density at radius 1 is 1.03 bits per heavy atom. The van der Waals surface area contributed by atoms with E-state index in [0.29, 0.717) is 17.3 Å². The van der Waals surface area contributed by atoms with E-state index in [2.05, 4.69) is 26.2 Å². The van der Waals surface area contributed by atoms with Crippen LogP contribution in [0.4, 0.5) is 5.69 Å². The summed E-state index contributed by atoms with van der Waals surface area (Å²) < 4.78 is 1.85. The van der Waals surface area contributed by atoms with Crippen LogP contribution in [0.15, 0.2) is 48.5 Å². The molecule has 0 saturated heterocycles. The summed E-state index contributed by atoms with van der Waals surface area (Å²) in [6, 6.07) is 14.4. The second-order valence-corrected chi connectivity index (χ2v) is 8.31. The van der Waals surface area contributed by atoms with Crippen LogP contribution >= 0.6 is 0 Å². The molecule has 1 unspecified atom stereocenters. The van der Waals surface area contributed by atoms with Gasteiger partial charge in [0.15, 0.2) is 5.82 Å². The Kier molecular flexibility index (Phi) is 5.79. The van der Waals surface area contributed by atoms with Crippen LogP contribution < -0.4 is 10.6 Å². The number of tetrazole rings is 1. The number of carbonyl (C=O) groups is 2. The van der Waals surface area contributed by atoms with E-state index in [1.807, 2.05) is 61.9 Å². The zero-order valence-corrected chi connectivity index (χ0v) is 17.9. The fraction of sp³-hybridized carbons (Fsp3) is 0.348. The molecule has 0 aliphatic heterocycles. The van der Waals surface area contributed by atoms with Crippen molar-refractivity contribution in [2.75, 3.05) is 5.32 Å². The Hall–Kier alpha value is -3.55. The number of nitrogens with zero attached hydrogens (tertiary/aromatic N) is 4. The van der Waals surface area contributed by atoms with E-state index in [9.17, 15) is 9.59 Å². The maximum atomic E-state index is 12.9. The third-order valence-corrected chi connectivity index (χ3v) is 5.35. The molecule has 160 valence electrons. The number of amides is 2. The molecule has 1 saturated carbocycles. The van der Waals surface area contributed by atoms with Gasteiger partial charge in [-0.05, 0) is 72.5 Å². The van der Waals surface area contributed by atoms with E-state index in [4.69, 9.17) is 0 Å². The molecule has 0 bridgehead atoms. The largest absolute Gasteiger partial charge is 0.340 e. The summed E-state index contributed by atoms with van der Waals surface area (Å²) in [5, 5.41) is 17.7. The summed E-state index contributed by atoms with van der Waals surface area (Å²) in [5.74, 6) is 0.129. The van der Waals surface area contributed by atoms with Gasteiger partial charge in [0.25, 0.3) is 5.91 Å². The van der Waals surface area contributed by atoms with E-state index in [1.54, 1.807) is 12.1 Å². The van der Waals surface area contributed by atoms with Gasteiger partial charge in [0.1, 0.15) is 6.04 Å². The zero-order valence-electron chi connectivity index (χ0n) is 17.9. The highest BCUT2D eigenvalue weighted by molar-refractivity contribution is 6.01. The molecule has 0 spiro atoms. The Morgan fingerprint density at radius 2 is 1.71 bits per heavy atom. The third kappa shape index (κ3) is 4.79. The number of carbonyl (C=O) groups excluding carboxylic acids is 2. The molecule has 1 fully saturated rings. The summed E-state index contributed by atoms with van der Waals surface area (Å²) in [7, 11) is 0. The average molecular weight is 419 g/mol. The van der Waals surface area contributed by atoms with E-state index < -0.39 is 6.04 Å². The second-order valence-electron chi connectivity index (χ2n) is 8.31. The molecule has 2 N–H and O–H groups in total. The molecule has 8 nitrogen and oxygen atoms in total. The first-order chi connectivity index (χ1) is 14.9. The molecule has 0 radical (unpaired) electrons. The lowest BCUT2D eigenvalue weighted by molar-refractivity contribution is -0.118. The van der Waals surface area contributed by atoms with Gasteiger partial charge in [0.05, 0.1) is 6.04 Å². The molecule has 4 rings (SSSR count). The van der Waals surface area contributed by atoms with Gasteiger partial charge >= 0.3 is 0 Å². The van der Waals surface area contributed by atoms with Crippen LogP contribution in [0.5, 0.6) is 0 Å². The summed E-state index contributed by atoms with van der Waals surface area (Å²) in [4.78, 5) is 25.5. The molecular formula is C23H26N6O2. The summed E-state index contributed by atoms with van der Waals surface area (Å²) >= 11 is 0. The van der Waals surface area contributed by atoms with Crippen molar-refractivity contribution in [3.05, 3.63) is 59.7 Å². The van der Waals surface area contributed by atoms with Crippen LogP contribution in [0.1, 0.15) is 48.7 Å². The lowest BCUT2D eigenvalue weighted by Gasteiger charge is -2.22. The molecule has 8 heteroatoms.